The van der Waals surface area contributed by atoms with Crippen molar-refractivity contribution in [2.45, 2.75) is 0 Å². The molecule has 15 heteroatoms. The molecule has 3 aromatic rings. The van der Waals surface area contributed by atoms with E-state index >= 15 is 0 Å². The molecule has 0 saturated heterocycles. The zero-order chi connectivity index (χ0) is 27.8. The van der Waals surface area contributed by atoms with Crippen LogP contribution in [0.1, 0.15) is 21.5 Å². The van der Waals surface area contributed by atoms with Gasteiger partial charge in [0.05, 0.1) is 32.6 Å². The Labute approximate surface area is 212 Å². The van der Waals surface area contributed by atoms with Gasteiger partial charge in [0, 0.05) is 23.8 Å². The van der Waals surface area contributed by atoms with Gasteiger partial charge in [0.25, 0.3) is 23.2 Å². The molecule has 0 radical (unpaired) electrons. The van der Waals surface area contributed by atoms with E-state index in [1.165, 1.54) is 42.5 Å². The fourth-order valence-corrected chi connectivity index (χ4v) is 2.99. The summed E-state index contributed by atoms with van der Waals surface area (Å²) in [5.74, 6) is -2.56. The van der Waals surface area contributed by atoms with Crippen LogP contribution in [-0.2, 0) is 4.79 Å². The number of nitro benzene ring substituents is 3. The molecule has 0 aliphatic carbocycles. The van der Waals surface area contributed by atoms with Crippen LogP contribution in [0.2, 0.25) is 0 Å². The molecule has 0 fully saturated rings. The van der Waals surface area contributed by atoms with Crippen molar-refractivity contribution in [3.8, 4) is 5.75 Å². The first-order chi connectivity index (χ1) is 18.1. The first-order valence-electron chi connectivity index (χ1n) is 10.4. The Morgan fingerprint density at radius 1 is 0.842 bits per heavy atom. The third-order valence-corrected chi connectivity index (χ3v) is 4.83. The number of hydrazone groups is 1. The second-order valence-corrected chi connectivity index (χ2v) is 7.34. The Balaban J connectivity index is 1.90. The highest BCUT2D eigenvalue weighted by molar-refractivity contribution is 6.05. The Bertz CT molecular complexity index is 1490. The van der Waals surface area contributed by atoms with E-state index in [1.54, 1.807) is 18.2 Å². The van der Waals surface area contributed by atoms with Gasteiger partial charge in [-0.25, -0.2) is 5.43 Å². The Morgan fingerprint density at radius 3 is 2.05 bits per heavy atom. The van der Waals surface area contributed by atoms with E-state index in [1.807, 2.05) is 0 Å². The van der Waals surface area contributed by atoms with E-state index < -0.39 is 49.3 Å². The molecule has 0 bridgehead atoms. The normalized spacial score (nSPS) is 11.1. The van der Waals surface area contributed by atoms with Gasteiger partial charge in [-0.3, -0.25) is 39.9 Å². The average Bonchev–Trinajstić information content (AvgIpc) is 2.89. The van der Waals surface area contributed by atoms with Gasteiger partial charge in [0.1, 0.15) is 5.70 Å². The summed E-state index contributed by atoms with van der Waals surface area (Å²) >= 11 is 0. The Kier molecular flexibility index (Phi) is 8.14. The smallest absolute Gasteiger partial charge is 0.318 e. The summed E-state index contributed by atoms with van der Waals surface area (Å²) in [5, 5.41) is 49.1. The predicted molar refractivity (Wildman–Crippen MR) is 132 cm³/mol. The topological polar surface area (TPSA) is 220 Å². The fourth-order valence-electron chi connectivity index (χ4n) is 2.99. The van der Waals surface area contributed by atoms with Gasteiger partial charge in [0.2, 0.25) is 5.75 Å². The Hall–Kier alpha value is -5.99. The standard InChI is InChI=1S/C23H16N6O9/c30-21-16(11-18(28(35)36)12-20(21)29(37)38)13-24-26-23(32)19(25-22(31)15-4-2-1-3-5-15)10-14-6-8-17(9-7-14)27(33)34/h1-13,30H,(H,25,31)(H,26,32)/b19-10+,24-13?. The second kappa shape index (κ2) is 11.6. The van der Waals surface area contributed by atoms with Gasteiger partial charge in [-0.05, 0) is 35.9 Å². The predicted octanol–water partition coefficient (Wildman–Crippen LogP) is 3.04. The second-order valence-electron chi connectivity index (χ2n) is 7.34. The van der Waals surface area contributed by atoms with Crippen molar-refractivity contribution in [3.05, 3.63) is 119 Å². The van der Waals surface area contributed by atoms with Gasteiger partial charge >= 0.3 is 5.69 Å². The van der Waals surface area contributed by atoms with E-state index in [9.17, 15) is 45.0 Å². The summed E-state index contributed by atoms with van der Waals surface area (Å²) < 4.78 is 0. The number of non-ortho nitro benzene ring substituents is 2. The monoisotopic (exact) mass is 520 g/mol. The summed E-state index contributed by atoms with van der Waals surface area (Å²) in [6.07, 6.45) is 1.96. The highest BCUT2D eigenvalue weighted by Gasteiger charge is 2.23. The molecule has 38 heavy (non-hydrogen) atoms. The average molecular weight is 520 g/mol. The number of carbonyl (C=O) groups excluding carboxylic acids is 2. The van der Waals surface area contributed by atoms with Crippen molar-refractivity contribution in [1.82, 2.24) is 10.7 Å². The van der Waals surface area contributed by atoms with E-state index in [0.29, 0.717) is 11.6 Å². The summed E-state index contributed by atoms with van der Waals surface area (Å²) in [6.45, 7) is 0. The summed E-state index contributed by atoms with van der Waals surface area (Å²) in [4.78, 5) is 55.9. The number of aromatic hydroxyl groups is 1. The molecule has 3 rings (SSSR count). The third kappa shape index (κ3) is 6.57. The molecule has 192 valence electrons. The third-order valence-electron chi connectivity index (χ3n) is 4.83. The van der Waals surface area contributed by atoms with Crippen molar-refractivity contribution in [2.24, 2.45) is 5.10 Å². The van der Waals surface area contributed by atoms with Crippen molar-refractivity contribution in [2.75, 3.05) is 0 Å². The minimum absolute atomic E-state index is 0.197. The summed E-state index contributed by atoms with van der Waals surface area (Å²) in [7, 11) is 0. The van der Waals surface area contributed by atoms with Crippen LogP contribution in [-0.4, -0.2) is 37.9 Å². The number of hydrogen-bond donors (Lipinski definition) is 3. The first-order valence-corrected chi connectivity index (χ1v) is 10.4. The molecule has 0 unspecified atom stereocenters. The molecule has 0 spiro atoms. The van der Waals surface area contributed by atoms with Gasteiger partial charge in [0.15, 0.2) is 0 Å². The number of nitro groups is 3. The minimum atomic E-state index is -1.03. The van der Waals surface area contributed by atoms with Crippen LogP contribution in [0.15, 0.2) is 77.5 Å². The quantitative estimate of drug-likeness (QED) is 0.163. The number of hydrogen-bond acceptors (Lipinski definition) is 10. The zero-order valence-electron chi connectivity index (χ0n) is 19.0. The molecule has 3 N–H and O–H groups in total. The largest absolute Gasteiger partial charge is 0.502 e. The van der Waals surface area contributed by atoms with E-state index in [0.717, 1.165) is 12.3 Å². The number of amides is 2. The summed E-state index contributed by atoms with van der Waals surface area (Å²) in [6, 6.07) is 14.3. The highest BCUT2D eigenvalue weighted by Crippen LogP contribution is 2.33. The van der Waals surface area contributed by atoms with Crippen molar-refractivity contribution >= 4 is 41.2 Å². The number of carbonyl (C=O) groups is 2. The maximum atomic E-state index is 12.8. The van der Waals surface area contributed by atoms with Crippen LogP contribution >= 0.6 is 0 Å². The molecule has 0 atom stereocenters. The number of rotatable bonds is 9. The maximum Gasteiger partial charge on any atom is 0.318 e. The molecule has 15 nitrogen and oxygen atoms in total. The van der Waals surface area contributed by atoms with Crippen molar-refractivity contribution < 1.29 is 29.5 Å². The van der Waals surface area contributed by atoms with Crippen LogP contribution in [0.5, 0.6) is 5.75 Å². The molecule has 0 saturated carbocycles. The molecular weight excluding hydrogens is 504 g/mol. The molecule has 0 aromatic heterocycles. The van der Waals surface area contributed by atoms with Crippen molar-refractivity contribution in [3.63, 3.8) is 0 Å². The minimum Gasteiger partial charge on any atom is -0.502 e. The van der Waals surface area contributed by atoms with Gasteiger partial charge < -0.3 is 10.4 Å². The van der Waals surface area contributed by atoms with E-state index in [2.05, 4.69) is 15.8 Å². The lowest BCUT2D eigenvalue weighted by Crippen LogP contribution is -2.32. The zero-order valence-corrected chi connectivity index (χ0v) is 19.0. The lowest BCUT2D eigenvalue weighted by Gasteiger charge is -2.09. The molecule has 0 aliphatic heterocycles. The van der Waals surface area contributed by atoms with Gasteiger partial charge in [-0.1, -0.05) is 18.2 Å². The number of benzene rings is 3. The molecule has 3 aromatic carbocycles. The van der Waals surface area contributed by atoms with Crippen LogP contribution in [0.4, 0.5) is 17.1 Å². The molecule has 0 heterocycles. The van der Waals surface area contributed by atoms with Gasteiger partial charge in [-0.2, -0.15) is 5.10 Å². The van der Waals surface area contributed by atoms with Crippen LogP contribution in [0.25, 0.3) is 6.08 Å². The van der Waals surface area contributed by atoms with Crippen LogP contribution in [0, 0.1) is 30.3 Å². The SMILES string of the molecule is O=C(NN=Cc1cc([N+](=O)[O-])cc([N+](=O)[O-])c1O)/C(=C\c1ccc([N+](=O)[O-])cc1)NC(=O)c1ccccc1. The highest BCUT2D eigenvalue weighted by atomic mass is 16.6. The van der Waals surface area contributed by atoms with Gasteiger partial charge in [-0.15, -0.1) is 0 Å². The molecule has 2 amide bonds. The number of phenols is 1. The number of phenolic OH excluding ortho intramolecular Hbond substituents is 1. The number of nitrogens with zero attached hydrogens (tertiary/aromatic N) is 4. The number of nitrogens with one attached hydrogen (secondary N) is 2. The lowest BCUT2D eigenvalue weighted by atomic mass is 10.1. The van der Waals surface area contributed by atoms with Crippen LogP contribution < -0.4 is 10.7 Å². The van der Waals surface area contributed by atoms with E-state index in [4.69, 9.17) is 0 Å². The molecule has 0 aliphatic rings. The fraction of sp³-hybridized carbons (Fsp3) is 0. The lowest BCUT2D eigenvalue weighted by molar-refractivity contribution is -0.394. The molecular formula is C23H16N6O9. The van der Waals surface area contributed by atoms with E-state index in [-0.39, 0.29) is 16.9 Å². The summed E-state index contributed by atoms with van der Waals surface area (Å²) in [5.41, 5.74) is -0.0270. The van der Waals surface area contributed by atoms with Crippen LogP contribution in [0.3, 0.4) is 0 Å². The Morgan fingerprint density at radius 2 is 1.47 bits per heavy atom. The maximum absolute atomic E-state index is 12.8. The first kappa shape index (κ1) is 26.6. The van der Waals surface area contributed by atoms with Crippen molar-refractivity contribution in [1.29, 1.82) is 0 Å².